The van der Waals surface area contributed by atoms with Gasteiger partial charge in [-0.25, -0.2) is 9.78 Å². The number of hydrogen-bond acceptors (Lipinski definition) is 3. The first kappa shape index (κ1) is 15.4. The highest BCUT2D eigenvalue weighted by Gasteiger charge is 2.39. The average molecular weight is 344 g/mol. The minimum atomic E-state index is -0.477. The summed E-state index contributed by atoms with van der Waals surface area (Å²) >= 11 is 3.36. The van der Waals surface area contributed by atoms with Crippen molar-refractivity contribution < 1.29 is 9.53 Å². The van der Waals surface area contributed by atoms with Crippen molar-refractivity contribution in [2.24, 2.45) is 5.92 Å². The maximum Gasteiger partial charge on any atom is 0.410 e. The van der Waals surface area contributed by atoms with Gasteiger partial charge in [0.1, 0.15) is 16.0 Å². The second-order valence-electron chi connectivity index (χ2n) is 6.27. The molecule has 2 rings (SSSR count). The predicted molar refractivity (Wildman–Crippen MR) is 80.4 cm³/mol. The van der Waals surface area contributed by atoms with Gasteiger partial charge in [-0.3, -0.25) is 4.90 Å². The monoisotopic (exact) mass is 343 g/mol. The van der Waals surface area contributed by atoms with E-state index in [0.717, 1.165) is 29.8 Å². The van der Waals surface area contributed by atoms with Crippen LogP contribution in [0.15, 0.2) is 10.8 Å². The second kappa shape index (κ2) is 5.76. The third-order valence-corrected chi connectivity index (χ3v) is 3.88. The number of carbonyl (C=O) groups excluding carboxylic acids is 1. The summed E-state index contributed by atoms with van der Waals surface area (Å²) in [6.45, 7) is 8.54. The maximum absolute atomic E-state index is 12.4. The molecule has 0 radical (unpaired) electrons. The van der Waals surface area contributed by atoms with Gasteiger partial charge >= 0.3 is 6.09 Å². The molecule has 2 atom stereocenters. The van der Waals surface area contributed by atoms with E-state index in [4.69, 9.17) is 4.74 Å². The summed E-state index contributed by atoms with van der Waals surface area (Å²) in [5, 5.41) is 0. The first-order valence-electron chi connectivity index (χ1n) is 7.00. The highest BCUT2D eigenvalue weighted by atomic mass is 79.9. The summed E-state index contributed by atoms with van der Waals surface area (Å²) < 4.78 is 6.34. The van der Waals surface area contributed by atoms with Crippen molar-refractivity contribution in [3.63, 3.8) is 0 Å². The van der Waals surface area contributed by atoms with E-state index in [1.807, 2.05) is 20.8 Å². The van der Waals surface area contributed by atoms with E-state index < -0.39 is 5.60 Å². The van der Waals surface area contributed by atoms with Crippen molar-refractivity contribution in [2.45, 2.75) is 52.2 Å². The fourth-order valence-corrected chi connectivity index (χ4v) is 2.79. The standard InChI is InChI=1S/C14H22BrN3O2/c1-5-9-6-10(12-16-7-11(15)17-12)18(8-9)13(19)20-14(2,3)4/h7,9-10H,5-6,8H2,1-4H3,(H,16,17). The number of H-pyrrole nitrogens is 1. The lowest BCUT2D eigenvalue weighted by molar-refractivity contribution is 0.0213. The van der Waals surface area contributed by atoms with Gasteiger partial charge in [-0.1, -0.05) is 13.3 Å². The van der Waals surface area contributed by atoms with Gasteiger partial charge in [0.2, 0.25) is 0 Å². The van der Waals surface area contributed by atoms with Crippen molar-refractivity contribution in [1.82, 2.24) is 14.9 Å². The Hall–Kier alpha value is -1.04. The highest BCUT2D eigenvalue weighted by Crippen LogP contribution is 2.36. The van der Waals surface area contributed by atoms with Crippen LogP contribution in [0.2, 0.25) is 0 Å². The van der Waals surface area contributed by atoms with E-state index in [1.165, 1.54) is 0 Å². The Bertz CT molecular complexity index is 481. The molecule has 1 amide bonds. The molecule has 1 N–H and O–H groups in total. The normalized spacial score (nSPS) is 23.1. The Labute approximate surface area is 128 Å². The number of amides is 1. The van der Waals surface area contributed by atoms with E-state index >= 15 is 0 Å². The van der Waals surface area contributed by atoms with Gasteiger partial charge in [0.15, 0.2) is 0 Å². The molecule has 2 unspecified atom stereocenters. The van der Waals surface area contributed by atoms with Crippen molar-refractivity contribution in [2.75, 3.05) is 6.54 Å². The summed E-state index contributed by atoms with van der Waals surface area (Å²) in [5.41, 5.74) is -0.477. The fourth-order valence-electron chi connectivity index (χ4n) is 2.48. The summed E-state index contributed by atoms with van der Waals surface area (Å²) in [6.07, 6.45) is 3.45. The molecule has 0 saturated carbocycles. The van der Waals surface area contributed by atoms with E-state index in [0.29, 0.717) is 5.92 Å². The number of halogens is 1. The van der Waals surface area contributed by atoms with Crippen LogP contribution in [-0.2, 0) is 4.74 Å². The number of imidazole rings is 1. The molecule has 0 aliphatic carbocycles. The second-order valence-corrected chi connectivity index (χ2v) is 7.13. The predicted octanol–water partition coefficient (Wildman–Crippen LogP) is 3.88. The molecule has 5 nitrogen and oxygen atoms in total. The van der Waals surface area contributed by atoms with Gasteiger partial charge in [0.05, 0.1) is 12.2 Å². The Balaban J connectivity index is 2.17. The lowest BCUT2D eigenvalue weighted by Crippen LogP contribution is -2.37. The van der Waals surface area contributed by atoms with Crippen molar-refractivity contribution in [3.05, 3.63) is 16.6 Å². The molecule has 1 aromatic rings. The van der Waals surface area contributed by atoms with Crippen LogP contribution in [0.25, 0.3) is 0 Å². The number of nitrogens with one attached hydrogen (secondary N) is 1. The average Bonchev–Trinajstić information content (AvgIpc) is 2.92. The molecule has 2 heterocycles. The minimum Gasteiger partial charge on any atom is -0.444 e. The topological polar surface area (TPSA) is 58.2 Å². The fraction of sp³-hybridized carbons (Fsp3) is 0.714. The maximum atomic E-state index is 12.4. The molecule has 1 aliphatic rings. The number of aromatic amines is 1. The molecule has 1 aliphatic heterocycles. The Morgan fingerprint density at radius 1 is 1.60 bits per heavy atom. The van der Waals surface area contributed by atoms with Crippen molar-refractivity contribution in [3.8, 4) is 0 Å². The SMILES string of the molecule is CCC1CC(c2ncc(Br)[nH]2)N(C(=O)OC(C)(C)C)C1. The molecule has 1 aromatic heterocycles. The molecule has 0 bridgehead atoms. The third kappa shape index (κ3) is 3.53. The number of carbonyl (C=O) groups is 1. The summed E-state index contributed by atoms with van der Waals surface area (Å²) in [6, 6.07) is -0.0268. The smallest absolute Gasteiger partial charge is 0.410 e. The highest BCUT2D eigenvalue weighted by molar-refractivity contribution is 9.10. The van der Waals surface area contributed by atoms with Gasteiger partial charge in [0, 0.05) is 6.54 Å². The van der Waals surface area contributed by atoms with Gasteiger partial charge in [-0.05, 0) is 49.0 Å². The number of likely N-dealkylation sites (tertiary alicyclic amines) is 1. The van der Waals surface area contributed by atoms with Crippen LogP contribution in [0.3, 0.4) is 0 Å². The Morgan fingerprint density at radius 2 is 2.30 bits per heavy atom. The number of nitrogens with zero attached hydrogens (tertiary/aromatic N) is 2. The van der Waals surface area contributed by atoms with Crippen LogP contribution in [0.1, 0.15) is 52.4 Å². The van der Waals surface area contributed by atoms with Crippen molar-refractivity contribution >= 4 is 22.0 Å². The minimum absolute atomic E-state index is 0.0268. The van der Waals surface area contributed by atoms with E-state index in [1.54, 1.807) is 11.1 Å². The number of aromatic nitrogens is 2. The van der Waals surface area contributed by atoms with Gasteiger partial charge in [-0.15, -0.1) is 0 Å². The third-order valence-electron chi connectivity index (χ3n) is 3.47. The van der Waals surface area contributed by atoms with E-state index in [2.05, 4.69) is 32.8 Å². The molecule has 112 valence electrons. The Morgan fingerprint density at radius 3 is 2.80 bits per heavy atom. The molecule has 1 fully saturated rings. The summed E-state index contributed by atoms with van der Waals surface area (Å²) in [5.74, 6) is 1.31. The molecule has 1 saturated heterocycles. The first-order chi connectivity index (χ1) is 9.30. The molecule has 20 heavy (non-hydrogen) atoms. The number of rotatable bonds is 2. The molecule has 0 spiro atoms. The van der Waals surface area contributed by atoms with E-state index in [9.17, 15) is 4.79 Å². The van der Waals surface area contributed by atoms with Gasteiger partial charge in [-0.2, -0.15) is 0 Å². The van der Waals surface area contributed by atoms with Crippen molar-refractivity contribution in [1.29, 1.82) is 0 Å². The van der Waals surface area contributed by atoms with Gasteiger partial charge in [0.25, 0.3) is 0 Å². The zero-order chi connectivity index (χ0) is 14.9. The molecule has 6 heteroatoms. The molecular formula is C14H22BrN3O2. The van der Waals surface area contributed by atoms with Crippen LogP contribution in [0, 0.1) is 5.92 Å². The number of ether oxygens (including phenoxy) is 1. The lowest BCUT2D eigenvalue weighted by Gasteiger charge is -2.27. The van der Waals surface area contributed by atoms with Crippen LogP contribution < -0.4 is 0 Å². The largest absolute Gasteiger partial charge is 0.444 e. The quantitative estimate of drug-likeness (QED) is 0.886. The molecular weight excluding hydrogens is 322 g/mol. The van der Waals surface area contributed by atoms with Crippen LogP contribution in [-0.4, -0.2) is 33.1 Å². The van der Waals surface area contributed by atoms with E-state index in [-0.39, 0.29) is 12.1 Å². The lowest BCUT2D eigenvalue weighted by atomic mass is 10.0. The summed E-state index contributed by atoms with van der Waals surface area (Å²) in [7, 11) is 0. The summed E-state index contributed by atoms with van der Waals surface area (Å²) in [4.78, 5) is 21.7. The Kier molecular flexibility index (Phi) is 4.42. The number of hydrogen-bond donors (Lipinski definition) is 1. The van der Waals surface area contributed by atoms with Crippen LogP contribution >= 0.6 is 15.9 Å². The molecule has 0 aromatic carbocycles. The zero-order valence-electron chi connectivity index (χ0n) is 12.4. The zero-order valence-corrected chi connectivity index (χ0v) is 14.0. The van der Waals surface area contributed by atoms with Crippen LogP contribution in [0.5, 0.6) is 0 Å². The first-order valence-corrected chi connectivity index (χ1v) is 7.79. The van der Waals surface area contributed by atoms with Gasteiger partial charge < -0.3 is 9.72 Å². The van der Waals surface area contributed by atoms with Crippen LogP contribution in [0.4, 0.5) is 4.79 Å².